The number of hydrogen-bond acceptors (Lipinski definition) is 5. The first-order valence-corrected chi connectivity index (χ1v) is 9.37. The lowest BCUT2D eigenvalue weighted by Gasteiger charge is -2.37. The summed E-state index contributed by atoms with van der Waals surface area (Å²) in [5.41, 5.74) is 1.20. The van der Waals surface area contributed by atoms with Gasteiger partial charge in [-0.1, -0.05) is 24.3 Å². The third kappa shape index (κ3) is 2.43. The molecule has 0 spiro atoms. The number of hydrazone groups is 1. The molecule has 2 bridgehead atoms. The molecule has 0 unspecified atom stereocenters. The van der Waals surface area contributed by atoms with Gasteiger partial charge in [0.05, 0.1) is 29.7 Å². The van der Waals surface area contributed by atoms with Crippen molar-refractivity contribution in [2.24, 2.45) is 28.8 Å². The molecule has 1 saturated heterocycles. The Bertz CT molecular complexity index is 1040. The second-order valence-electron chi connectivity index (χ2n) is 7.43. The summed E-state index contributed by atoms with van der Waals surface area (Å²) in [4.78, 5) is 25.5. The van der Waals surface area contributed by atoms with Gasteiger partial charge in [-0.25, -0.2) is 0 Å². The Morgan fingerprint density at radius 1 is 1.04 bits per heavy atom. The third-order valence-electron chi connectivity index (χ3n) is 5.98. The molecule has 3 aliphatic carbocycles. The lowest BCUT2D eigenvalue weighted by Crippen LogP contribution is -2.38. The molecule has 0 N–H and O–H groups in total. The zero-order valence-corrected chi connectivity index (χ0v) is 15.0. The van der Waals surface area contributed by atoms with Gasteiger partial charge in [-0.15, -0.1) is 0 Å². The zero-order valence-electron chi connectivity index (χ0n) is 15.0. The number of hydrogen-bond donors (Lipinski definition) is 0. The lowest BCUT2D eigenvalue weighted by atomic mass is 9.63. The Kier molecular flexibility index (Phi) is 3.76. The van der Waals surface area contributed by atoms with Gasteiger partial charge in [0.15, 0.2) is 0 Å². The highest BCUT2D eigenvalue weighted by Gasteiger charge is 2.56. The van der Waals surface area contributed by atoms with E-state index >= 15 is 0 Å². The number of fused-ring (bicyclic) bond motifs is 1. The molecule has 1 aromatic carbocycles. The minimum Gasteiger partial charge on any atom is -0.455 e. The SMILES string of the molecule is N#Cc1ccccc1-c1ccc(/C=N\N2C(=O)[C@@H]3[C@H](C2=O)[C@H]2C=C[C@H]3CC2)o1. The maximum Gasteiger partial charge on any atom is 0.254 e. The molecular weight excluding hydrogens is 354 g/mol. The van der Waals surface area contributed by atoms with Crippen molar-refractivity contribution in [2.45, 2.75) is 12.8 Å². The normalized spacial score (nSPS) is 28.2. The van der Waals surface area contributed by atoms with E-state index in [4.69, 9.17) is 4.42 Å². The summed E-state index contributed by atoms with van der Waals surface area (Å²) < 4.78 is 5.75. The van der Waals surface area contributed by atoms with Crippen molar-refractivity contribution in [1.29, 1.82) is 5.26 Å². The van der Waals surface area contributed by atoms with Gasteiger partial charge in [-0.2, -0.15) is 15.4 Å². The van der Waals surface area contributed by atoms with Gasteiger partial charge in [0.25, 0.3) is 11.8 Å². The molecule has 2 aromatic rings. The first-order chi connectivity index (χ1) is 13.7. The molecular formula is C22H17N3O3. The van der Waals surface area contributed by atoms with Crippen molar-refractivity contribution in [3.8, 4) is 17.4 Å². The second kappa shape index (κ2) is 6.31. The molecule has 28 heavy (non-hydrogen) atoms. The highest BCUT2D eigenvalue weighted by Crippen LogP contribution is 2.49. The second-order valence-corrected chi connectivity index (χ2v) is 7.43. The van der Waals surface area contributed by atoms with Crippen LogP contribution in [0.3, 0.4) is 0 Å². The van der Waals surface area contributed by atoms with E-state index in [0.29, 0.717) is 22.6 Å². The van der Waals surface area contributed by atoms with Gasteiger partial charge in [-0.3, -0.25) is 9.59 Å². The monoisotopic (exact) mass is 371 g/mol. The van der Waals surface area contributed by atoms with Gasteiger partial charge in [0.2, 0.25) is 0 Å². The van der Waals surface area contributed by atoms with Gasteiger partial charge in [0, 0.05) is 5.56 Å². The summed E-state index contributed by atoms with van der Waals surface area (Å²) in [6, 6.07) is 12.7. The smallest absolute Gasteiger partial charge is 0.254 e. The summed E-state index contributed by atoms with van der Waals surface area (Å²) in [7, 11) is 0. The van der Waals surface area contributed by atoms with Gasteiger partial charge < -0.3 is 4.42 Å². The minimum absolute atomic E-state index is 0.143. The summed E-state index contributed by atoms with van der Waals surface area (Å²) >= 11 is 0. The molecule has 1 saturated carbocycles. The molecule has 4 atom stereocenters. The van der Waals surface area contributed by atoms with Crippen molar-refractivity contribution < 1.29 is 14.0 Å². The van der Waals surface area contributed by atoms with Crippen LogP contribution in [0.4, 0.5) is 0 Å². The third-order valence-corrected chi connectivity index (χ3v) is 5.98. The molecule has 1 aliphatic heterocycles. The summed E-state index contributed by atoms with van der Waals surface area (Å²) in [6.07, 6.45) is 7.47. The number of amides is 2. The van der Waals surface area contributed by atoms with Crippen molar-refractivity contribution in [1.82, 2.24) is 5.01 Å². The number of imide groups is 1. The number of nitriles is 1. The summed E-state index contributed by atoms with van der Waals surface area (Å²) in [6.45, 7) is 0. The Hall–Kier alpha value is -3.46. The van der Waals surface area contributed by atoms with E-state index in [0.717, 1.165) is 17.9 Å². The van der Waals surface area contributed by atoms with E-state index < -0.39 is 0 Å². The number of allylic oxidation sites excluding steroid dienone is 2. The maximum absolute atomic E-state index is 12.8. The molecule has 2 fully saturated rings. The molecule has 2 heterocycles. The summed E-state index contributed by atoms with van der Waals surface area (Å²) in [5.74, 6) is 0.256. The average Bonchev–Trinajstić information content (AvgIpc) is 3.32. The van der Waals surface area contributed by atoms with Crippen LogP contribution < -0.4 is 0 Å². The van der Waals surface area contributed by atoms with Gasteiger partial charge in [0.1, 0.15) is 11.5 Å². The van der Waals surface area contributed by atoms with Gasteiger partial charge >= 0.3 is 0 Å². The summed E-state index contributed by atoms with van der Waals surface area (Å²) in [5, 5.41) is 14.4. The van der Waals surface area contributed by atoms with E-state index in [1.165, 1.54) is 6.21 Å². The first kappa shape index (κ1) is 16.7. The molecule has 1 aromatic heterocycles. The fraction of sp³-hybridized carbons (Fsp3) is 0.273. The molecule has 0 radical (unpaired) electrons. The van der Waals surface area contributed by atoms with Crippen LogP contribution in [0.2, 0.25) is 0 Å². The van der Waals surface area contributed by atoms with Crippen LogP contribution in [0, 0.1) is 35.0 Å². The van der Waals surface area contributed by atoms with Crippen molar-refractivity contribution >= 4 is 18.0 Å². The van der Waals surface area contributed by atoms with Crippen LogP contribution in [-0.2, 0) is 9.59 Å². The molecule has 6 rings (SSSR count). The first-order valence-electron chi connectivity index (χ1n) is 9.37. The predicted octanol–water partition coefficient (Wildman–Crippen LogP) is 3.35. The number of carbonyl (C=O) groups is 2. The standard InChI is InChI=1S/C22H17N3O3/c23-11-15-3-1-2-4-17(15)18-10-9-16(28-18)12-24-25-21(26)19-13-5-6-14(8-7-13)20(19)22(25)27/h1-6,9-10,12-14,19-20H,7-8H2/b24-12-/t13-,14-,19-,20+/m0/s1. The molecule has 6 heteroatoms. The van der Waals surface area contributed by atoms with Crippen LogP contribution in [0.5, 0.6) is 0 Å². The largest absolute Gasteiger partial charge is 0.455 e. The number of rotatable bonds is 3. The molecule has 6 nitrogen and oxygen atoms in total. The average molecular weight is 371 g/mol. The highest BCUT2D eigenvalue weighted by atomic mass is 16.3. The van der Waals surface area contributed by atoms with Crippen molar-refractivity contribution in [2.75, 3.05) is 0 Å². The number of nitrogens with zero attached hydrogens (tertiary/aromatic N) is 3. The van der Waals surface area contributed by atoms with Gasteiger partial charge in [-0.05, 0) is 48.9 Å². The number of benzene rings is 1. The molecule has 4 aliphatic rings. The topological polar surface area (TPSA) is 86.7 Å². The van der Waals surface area contributed by atoms with E-state index in [2.05, 4.69) is 23.3 Å². The number of furan rings is 1. The number of carbonyl (C=O) groups excluding carboxylic acids is 2. The Morgan fingerprint density at radius 3 is 2.36 bits per heavy atom. The quantitative estimate of drug-likeness (QED) is 0.470. The van der Waals surface area contributed by atoms with E-state index in [9.17, 15) is 14.9 Å². The minimum atomic E-state index is -0.275. The van der Waals surface area contributed by atoms with Crippen LogP contribution in [0.25, 0.3) is 11.3 Å². The highest BCUT2D eigenvalue weighted by molar-refractivity contribution is 6.06. The van der Waals surface area contributed by atoms with E-state index in [1.54, 1.807) is 30.3 Å². The van der Waals surface area contributed by atoms with Crippen LogP contribution >= 0.6 is 0 Å². The predicted molar refractivity (Wildman–Crippen MR) is 101 cm³/mol. The van der Waals surface area contributed by atoms with Crippen LogP contribution in [0.15, 0.2) is 58.1 Å². The van der Waals surface area contributed by atoms with Crippen molar-refractivity contribution in [3.05, 3.63) is 59.9 Å². The fourth-order valence-electron chi connectivity index (χ4n) is 4.65. The lowest BCUT2D eigenvalue weighted by molar-refractivity contribution is -0.140. The van der Waals surface area contributed by atoms with E-state index in [1.807, 2.05) is 6.07 Å². The molecule has 138 valence electrons. The van der Waals surface area contributed by atoms with E-state index in [-0.39, 0.29) is 35.5 Å². The maximum atomic E-state index is 12.8. The Morgan fingerprint density at radius 2 is 1.71 bits per heavy atom. The van der Waals surface area contributed by atoms with Crippen LogP contribution in [-0.4, -0.2) is 23.0 Å². The van der Waals surface area contributed by atoms with Crippen LogP contribution in [0.1, 0.15) is 24.2 Å². The fourth-order valence-corrected chi connectivity index (χ4v) is 4.65. The Labute approximate surface area is 161 Å². The molecule has 2 amide bonds. The van der Waals surface area contributed by atoms with Crippen molar-refractivity contribution in [3.63, 3.8) is 0 Å². The Balaban J connectivity index is 1.39. The zero-order chi connectivity index (χ0) is 19.3.